The van der Waals surface area contributed by atoms with Crippen molar-refractivity contribution in [2.75, 3.05) is 77.5 Å². The third-order valence-corrected chi connectivity index (χ3v) is 17.5. The van der Waals surface area contributed by atoms with Gasteiger partial charge in [0.05, 0.1) is 61.2 Å². The van der Waals surface area contributed by atoms with Crippen LogP contribution in [-0.4, -0.2) is 163 Å². The average molecular weight is 1350 g/mol. The molecule has 1 saturated heterocycles. The van der Waals surface area contributed by atoms with Crippen LogP contribution in [0.2, 0.25) is 0 Å². The van der Waals surface area contributed by atoms with E-state index in [4.69, 9.17) is 52.5 Å². The SMILES string of the molecule is Cc1c(C)c(S(=O)(=O)NC(=N)NCCC[C@H](CNC(=O)CCC(=O)OCOc2cc(N3CCOCC3)[o+]c3c(-c4ccc5c(c4)OCCO5)csc23)C(=O)NCC(=O)N[C@@H](CC(=O)OC(C)(C)C)C(=O)N[C@@H](COC(C)(C)C)C(=O)OC(C)(C)C)c(C)c2c1OC(C)(C)C2. The number of nitrogens with one attached hydrogen (secondary N) is 7. The minimum Gasteiger partial charge on any atom is -0.487 e. The first-order valence-corrected chi connectivity index (χ1v) is 33.6. The molecule has 29 heteroatoms. The number of fused-ring (bicyclic) bond motifs is 3. The van der Waals surface area contributed by atoms with E-state index >= 15 is 0 Å². The summed E-state index contributed by atoms with van der Waals surface area (Å²) >= 11 is 1.38. The molecule has 27 nitrogen and oxygen atoms in total. The highest BCUT2D eigenvalue weighted by Gasteiger charge is 2.38. The maximum Gasteiger partial charge on any atom is 0.434 e. The van der Waals surface area contributed by atoms with Crippen LogP contribution in [0, 0.1) is 32.1 Å². The summed E-state index contributed by atoms with van der Waals surface area (Å²) in [5.41, 5.74) is 1.37. The summed E-state index contributed by atoms with van der Waals surface area (Å²) in [5.74, 6) is -4.53. The topological polar surface area (TPSA) is 347 Å². The molecule has 1 fully saturated rings. The first kappa shape index (κ1) is 73.4. The molecular weight excluding hydrogens is 1260 g/mol. The Hall–Kier alpha value is -8.02. The van der Waals surface area contributed by atoms with E-state index in [1.54, 1.807) is 89.2 Å². The first-order chi connectivity index (χ1) is 44.0. The summed E-state index contributed by atoms with van der Waals surface area (Å²) in [6.07, 6.45) is -0.810. The number of guanidine groups is 1. The van der Waals surface area contributed by atoms with Crippen LogP contribution >= 0.6 is 11.3 Å². The Balaban J connectivity index is 0.995. The fraction of sp³-hybridized carbons (Fsp3) is 0.585. The number of ether oxygens (including phenoxy) is 9. The lowest BCUT2D eigenvalue weighted by Crippen LogP contribution is -2.56. The van der Waals surface area contributed by atoms with Gasteiger partial charge in [-0.15, -0.1) is 11.3 Å². The highest BCUT2D eigenvalue weighted by Crippen LogP contribution is 2.46. The number of carbonyl (C=O) groups is 7. The van der Waals surface area contributed by atoms with Gasteiger partial charge in [0.2, 0.25) is 36.4 Å². The van der Waals surface area contributed by atoms with E-state index in [9.17, 15) is 42.0 Å². The number of esters is 3. The fourth-order valence-electron chi connectivity index (χ4n) is 10.4. The van der Waals surface area contributed by atoms with Gasteiger partial charge in [0.1, 0.15) is 47.9 Å². The van der Waals surface area contributed by atoms with E-state index in [2.05, 4.69) is 31.3 Å². The molecule has 5 heterocycles. The Morgan fingerprint density at radius 1 is 0.777 bits per heavy atom. The maximum absolute atomic E-state index is 14.1. The van der Waals surface area contributed by atoms with Crippen LogP contribution < -0.4 is 55.2 Å². The largest absolute Gasteiger partial charge is 0.487 e. The highest BCUT2D eigenvalue weighted by atomic mass is 32.2. The van der Waals surface area contributed by atoms with Crippen molar-refractivity contribution < 1.29 is 89.0 Å². The summed E-state index contributed by atoms with van der Waals surface area (Å²) in [6.45, 7) is 25.1. The van der Waals surface area contributed by atoms with Crippen molar-refractivity contribution in [2.24, 2.45) is 5.92 Å². The van der Waals surface area contributed by atoms with Crippen molar-refractivity contribution in [1.29, 1.82) is 5.41 Å². The van der Waals surface area contributed by atoms with Crippen LogP contribution in [-0.2, 0) is 73.7 Å². The van der Waals surface area contributed by atoms with Gasteiger partial charge in [0.15, 0.2) is 28.0 Å². The number of morpholine rings is 1. The Morgan fingerprint density at radius 2 is 1.47 bits per heavy atom. The number of anilines is 1. The third kappa shape index (κ3) is 21.0. The lowest BCUT2D eigenvalue weighted by molar-refractivity contribution is -0.162. The fourth-order valence-corrected chi connectivity index (χ4v) is 12.9. The van der Waals surface area contributed by atoms with Crippen molar-refractivity contribution in [1.82, 2.24) is 31.3 Å². The molecule has 0 spiro atoms. The van der Waals surface area contributed by atoms with Gasteiger partial charge in [-0.25, -0.2) is 17.9 Å². The Kier molecular flexibility index (Phi) is 24.2. The number of rotatable bonds is 27. The van der Waals surface area contributed by atoms with Gasteiger partial charge >= 0.3 is 29.4 Å². The van der Waals surface area contributed by atoms with Gasteiger partial charge in [-0.1, -0.05) is 6.07 Å². The monoisotopic (exact) mass is 1350 g/mol. The molecule has 3 atom stereocenters. The standard InChI is InChI=1S/C65H90N8O19S2/c1-37-38(2)57(39(3)42-31-65(13,14)91-54(37)42)94(81,82)72-61(66)67-21-15-16-41(58(78)69-33-50(75)70-44(29-53(77)90-63(7,8)9)59(79)71-45(34-88-62(4,5)6)60(80)92-64(10,11)12)32-68-49(74)19-20-52(76)87-36-86-48-30-51(73-22-24-83-25-23-73)89-55-43(35-93-56(48)55)40-17-18-46-47(28-40)85-27-26-84-46/h17-18,28,30,35,41,44-45H,15-16,19-27,29,31-34,36H2,1-14H3,(H6-,66,67,68,69,70,71,72,74,75,78,79)/p+1/t41-,44+,45+/m1/s1. The van der Waals surface area contributed by atoms with Crippen LogP contribution in [0.4, 0.5) is 5.88 Å². The molecule has 3 aliphatic rings. The van der Waals surface area contributed by atoms with Crippen LogP contribution in [0.15, 0.2) is 39.0 Å². The molecule has 4 aromatic rings. The molecule has 2 aromatic heterocycles. The molecule has 7 rings (SSSR count). The summed E-state index contributed by atoms with van der Waals surface area (Å²) in [6, 6.07) is 4.37. The number of hydrogen-bond donors (Lipinski definition) is 7. The van der Waals surface area contributed by atoms with Gasteiger partial charge in [-0.3, -0.25) is 39.1 Å². The van der Waals surface area contributed by atoms with E-state index in [-0.39, 0.29) is 50.3 Å². The second-order valence-electron chi connectivity index (χ2n) is 26.7. The van der Waals surface area contributed by atoms with E-state index < -0.39 is 118 Å². The molecule has 0 saturated carbocycles. The van der Waals surface area contributed by atoms with Gasteiger partial charge in [-0.2, -0.15) is 4.42 Å². The molecule has 0 unspecified atom stereocenters. The number of nitrogens with zero attached hydrogens (tertiary/aromatic N) is 1. The maximum atomic E-state index is 14.1. The third-order valence-electron chi connectivity index (χ3n) is 14.9. The molecule has 4 amide bonds. The quantitative estimate of drug-likeness (QED) is 0.00651. The summed E-state index contributed by atoms with van der Waals surface area (Å²) in [7, 11) is -4.28. The lowest BCUT2D eigenvalue weighted by atomic mass is 9.94. The molecule has 3 aliphatic heterocycles. The predicted octanol–water partition coefficient (Wildman–Crippen LogP) is 6.34. The van der Waals surface area contributed by atoms with E-state index in [1.165, 1.54) is 11.3 Å². The van der Waals surface area contributed by atoms with Crippen LogP contribution in [0.25, 0.3) is 21.4 Å². The molecule has 0 bridgehead atoms. The van der Waals surface area contributed by atoms with Crippen molar-refractivity contribution in [2.45, 2.75) is 175 Å². The number of benzene rings is 2. The number of sulfonamides is 1. The minimum atomic E-state index is -4.28. The Morgan fingerprint density at radius 3 is 2.15 bits per heavy atom. The normalized spacial score (nSPS) is 15.4. The van der Waals surface area contributed by atoms with Gasteiger partial charge < -0.3 is 69.2 Å². The number of hydrogen-bond acceptors (Lipinski definition) is 21. The van der Waals surface area contributed by atoms with Gasteiger partial charge in [-0.05, 0) is 144 Å². The zero-order valence-electron chi connectivity index (χ0n) is 56.2. The highest BCUT2D eigenvalue weighted by molar-refractivity contribution is 7.90. The molecular formula is C65H91N8O19S2+. The summed E-state index contributed by atoms with van der Waals surface area (Å²) in [5, 5.41) is 23.4. The van der Waals surface area contributed by atoms with Gasteiger partial charge in [0, 0.05) is 50.0 Å². The van der Waals surface area contributed by atoms with E-state index in [0.717, 1.165) is 16.7 Å². The first-order valence-electron chi connectivity index (χ1n) is 31.3. The van der Waals surface area contributed by atoms with Crippen molar-refractivity contribution in [3.63, 3.8) is 0 Å². The van der Waals surface area contributed by atoms with Crippen molar-refractivity contribution >= 4 is 85.0 Å². The number of carbonyl (C=O) groups excluding carboxylic acids is 7. The summed E-state index contributed by atoms with van der Waals surface area (Å²) in [4.78, 5) is 96.9. The van der Waals surface area contributed by atoms with E-state index in [1.807, 2.05) is 42.3 Å². The van der Waals surface area contributed by atoms with Crippen molar-refractivity contribution in [3.8, 4) is 34.1 Å². The van der Waals surface area contributed by atoms with E-state index in [0.29, 0.717) is 102 Å². The molecule has 7 N–H and O–H groups in total. The Bertz CT molecular complexity index is 3580. The van der Waals surface area contributed by atoms with Gasteiger partial charge in [0.25, 0.3) is 10.0 Å². The smallest absolute Gasteiger partial charge is 0.434 e. The molecule has 0 aliphatic carbocycles. The second-order valence-corrected chi connectivity index (χ2v) is 29.2. The predicted molar refractivity (Wildman–Crippen MR) is 349 cm³/mol. The molecule has 2 aromatic carbocycles. The van der Waals surface area contributed by atoms with Crippen LogP contribution in [0.5, 0.6) is 23.0 Å². The summed E-state index contributed by atoms with van der Waals surface area (Å²) < 4.78 is 89.0. The van der Waals surface area contributed by atoms with Crippen molar-refractivity contribution in [3.05, 3.63) is 51.9 Å². The molecule has 516 valence electrons. The van der Waals surface area contributed by atoms with Crippen LogP contribution in [0.3, 0.4) is 0 Å². The van der Waals surface area contributed by atoms with Crippen LogP contribution in [0.1, 0.15) is 131 Å². The zero-order chi connectivity index (χ0) is 69.1. The Labute approximate surface area is 552 Å². The molecule has 94 heavy (non-hydrogen) atoms. The minimum absolute atomic E-state index is 0.000236. The number of thiophene rings is 1. The number of amides is 4. The second kappa shape index (κ2) is 31.0. The lowest BCUT2D eigenvalue weighted by Gasteiger charge is -2.28. The molecule has 0 radical (unpaired) electrons. The average Bonchev–Trinajstić information content (AvgIpc) is 1.54. The zero-order valence-corrected chi connectivity index (χ0v) is 57.8.